The van der Waals surface area contributed by atoms with E-state index in [0.29, 0.717) is 24.3 Å². The number of hydrogen-bond acceptors (Lipinski definition) is 3. The second kappa shape index (κ2) is 7.37. The average Bonchev–Trinajstić information content (AvgIpc) is 2.65. The van der Waals surface area contributed by atoms with E-state index >= 15 is 0 Å². The van der Waals surface area contributed by atoms with Crippen molar-refractivity contribution in [2.24, 2.45) is 0 Å². The van der Waals surface area contributed by atoms with Crippen molar-refractivity contribution in [3.8, 4) is 0 Å². The third kappa shape index (κ3) is 3.76. The van der Waals surface area contributed by atoms with E-state index in [-0.39, 0.29) is 11.8 Å². The molecule has 0 bridgehead atoms. The Morgan fingerprint density at radius 3 is 2.21 bits per heavy atom. The zero-order valence-electron chi connectivity index (χ0n) is 13.0. The molecule has 0 saturated heterocycles. The molecule has 1 aromatic heterocycles. The molecular weight excluding hydrogens is 302 g/mol. The minimum absolute atomic E-state index is 0.159. The largest absolute Gasteiger partial charge is 0.350 e. The van der Waals surface area contributed by atoms with E-state index in [1.807, 2.05) is 48.5 Å². The highest BCUT2D eigenvalue weighted by molar-refractivity contribution is 5.95. The van der Waals surface area contributed by atoms with Crippen LogP contribution in [0.5, 0.6) is 0 Å². The van der Waals surface area contributed by atoms with Gasteiger partial charge in [-0.25, -0.2) is 4.98 Å². The number of aromatic nitrogens is 1. The molecule has 24 heavy (non-hydrogen) atoms. The van der Waals surface area contributed by atoms with Crippen LogP contribution in [-0.4, -0.2) is 29.9 Å². The van der Waals surface area contributed by atoms with Crippen molar-refractivity contribution in [2.75, 3.05) is 13.1 Å². The predicted octanol–water partition coefficient (Wildman–Crippen LogP) is 2.39. The molecule has 0 aliphatic carbocycles. The Morgan fingerprint density at radius 1 is 0.750 bits per heavy atom. The molecule has 5 nitrogen and oxygen atoms in total. The number of pyridine rings is 1. The highest BCUT2D eigenvalue weighted by Gasteiger charge is 2.08. The van der Waals surface area contributed by atoms with Gasteiger partial charge >= 0.3 is 0 Å². The first-order valence-electron chi connectivity index (χ1n) is 7.71. The lowest BCUT2D eigenvalue weighted by atomic mass is 10.2. The van der Waals surface area contributed by atoms with Crippen LogP contribution < -0.4 is 10.6 Å². The van der Waals surface area contributed by atoms with Crippen LogP contribution in [0.15, 0.2) is 66.7 Å². The van der Waals surface area contributed by atoms with Gasteiger partial charge in [0.25, 0.3) is 11.8 Å². The first-order chi connectivity index (χ1) is 11.7. The van der Waals surface area contributed by atoms with Crippen LogP contribution in [0.3, 0.4) is 0 Å². The Morgan fingerprint density at radius 2 is 1.42 bits per heavy atom. The quantitative estimate of drug-likeness (QED) is 0.709. The van der Waals surface area contributed by atoms with Crippen molar-refractivity contribution in [1.82, 2.24) is 15.6 Å². The van der Waals surface area contributed by atoms with Crippen LogP contribution >= 0.6 is 0 Å². The van der Waals surface area contributed by atoms with Gasteiger partial charge in [-0.3, -0.25) is 9.59 Å². The Balaban J connectivity index is 1.51. The number of carbonyl (C=O) groups is 2. The summed E-state index contributed by atoms with van der Waals surface area (Å²) in [4.78, 5) is 28.3. The summed E-state index contributed by atoms with van der Waals surface area (Å²) in [5.41, 5.74) is 1.74. The zero-order chi connectivity index (χ0) is 16.8. The van der Waals surface area contributed by atoms with Crippen LogP contribution in [0.1, 0.15) is 20.8 Å². The maximum atomic E-state index is 12.1. The molecule has 120 valence electrons. The fourth-order valence-electron chi connectivity index (χ4n) is 2.33. The molecule has 0 fully saturated rings. The highest BCUT2D eigenvalue weighted by Crippen LogP contribution is 2.11. The first-order valence-corrected chi connectivity index (χ1v) is 7.71. The molecule has 2 N–H and O–H groups in total. The molecule has 0 saturated carbocycles. The molecule has 3 aromatic rings. The van der Waals surface area contributed by atoms with Gasteiger partial charge in [-0.1, -0.05) is 42.5 Å². The van der Waals surface area contributed by atoms with Crippen molar-refractivity contribution < 1.29 is 9.59 Å². The molecule has 2 aromatic carbocycles. The van der Waals surface area contributed by atoms with E-state index in [1.54, 1.807) is 18.2 Å². The number of benzene rings is 2. The molecule has 1 heterocycles. The van der Waals surface area contributed by atoms with Gasteiger partial charge in [0, 0.05) is 24.0 Å². The van der Waals surface area contributed by atoms with Gasteiger partial charge in [0.1, 0.15) is 5.69 Å². The number of nitrogens with one attached hydrogen (secondary N) is 2. The lowest BCUT2D eigenvalue weighted by Gasteiger charge is -2.07. The van der Waals surface area contributed by atoms with Gasteiger partial charge in [-0.2, -0.15) is 0 Å². The topological polar surface area (TPSA) is 71.1 Å². The SMILES string of the molecule is O=C(NCCNC(=O)c1ccc2ccccc2n1)c1ccccc1. The number of nitrogens with zero attached hydrogens (tertiary/aromatic N) is 1. The number of fused-ring (bicyclic) bond motifs is 1. The minimum Gasteiger partial charge on any atom is -0.350 e. The summed E-state index contributed by atoms with van der Waals surface area (Å²) in [6.07, 6.45) is 0. The monoisotopic (exact) mass is 319 g/mol. The third-order valence-corrected chi connectivity index (χ3v) is 3.56. The van der Waals surface area contributed by atoms with E-state index in [9.17, 15) is 9.59 Å². The van der Waals surface area contributed by atoms with E-state index in [2.05, 4.69) is 15.6 Å². The van der Waals surface area contributed by atoms with E-state index in [0.717, 1.165) is 10.9 Å². The molecule has 0 aliphatic rings. The smallest absolute Gasteiger partial charge is 0.269 e. The average molecular weight is 319 g/mol. The summed E-state index contributed by atoms with van der Waals surface area (Å²) in [7, 11) is 0. The van der Waals surface area contributed by atoms with Crippen molar-refractivity contribution in [3.05, 3.63) is 78.0 Å². The van der Waals surface area contributed by atoms with Gasteiger partial charge in [-0.05, 0) is 24.3 Å². The Hall–Kier alpha value is -3.21. The second-order valence-corrected chi connectivity index (χ2v) is 5.27. The lowest BCUT2D eigenvalue weighted by Crippen LogP contribution is -2.35. The summed E-state index contributed by atoms with van der Waals surface area (Å²) in [6, 6.07) is 20.1. The summed E-state index contributed by atoms with van der Waals surface area (Å²) >= 11 is 0. The second-order valence-electron chi connectivity index (χ2n) is 5.27. The van der Waals surface area contributed by atoms with Gasteiger partial charge in [-0.15, -0.1) is 0 Å². The molecule has 0 aliphatic heterocycles. The van der Waals surface area contributed by atoms with Crippen molar-refractivity contribution in [3.63, 3.8) is 0 Å². The number of rotatable bonds is 5. The summed E-state index contributed by atoms with van der Waals surface area (Å²) in [5, 5.41) is 6.51. The molecule has 5 heteroatoms. The van der Waals surface area contributed by atoms with Crippen molar-refractivity contribution in [1.29, 1.82) is 0 Å². The molecule has 0 spiro atoms. The van der Waals surface area contributed by atoms with Gasteiger partial charge in [0.15, 0.2) is 0 Å². The Bertz CT molecular complexity index is 863. The van der Waals surface area contributed by atoms with E-state index in [4.69, 9.17) is 0 Å². The molecular formula is C19H17N3O2. The lowest BCUT2D eigenvalue weighted by molar-refractivity contribution is 0.0925. The molecule has 3 rings (SSSR count). The standard InChI is InChI=1S/C19H17N3O2/c23-18(15-7-2-1-3-8-15)20-12-13-21-19(24)17-11-10-14-6-4-5-9-16(14)22-17/h1-11H,12-13H2,(H,20,23)(H,21,24). The molecule has 0 unspecified atom stereocenters. The van der Waals surface area contributed by atoms with Crippen LogP contribution in [0.25, 0.3) is 10.9 Å². The van der Waals surface area contributed by atoms with Crippen LogP contribution in [0, 0.1) is 0 Å². The zero-order valence-corrected chi connectivity index (χ0v) is 13.0. The molecule has 2 amide bonds. The van der Waals surface area contributed by atoms with Crippen LogP contribution in [0.4, 0.5) is 0 Å². The van der Waals surface area contributed by atoms with Gasteiger partial charge < -0.3 is 10.6 Å². The molecule has 0 radical (unpaired) electrons. The molecule has 0 atom stereocenters. The number of hydrogen-bond donors (Lipinski definition) is 2. The van der Waals surface area contributed by atoms with Crippen LogP contribution in [0.2, 0.25) is 0 Å². The maximum Gasteiger partial charge on any atom is 0.269 e. The predicted molar refractivity (Wildman–Crippen MR) is 92.9 cm³/mol. The Labute approximate surface area is 139 Å². The number of amides is 2. The van der Waals surface area contributed by atoms with Gasteiger partial charge in [0.2, 0.25) is 0 Å². The van der Waals surface area contributed by atoms with Crippen LogP contribution in [-0.2, 0) is 0 Å². The Kier molecular flexibility index (Phi) is 4.81. The fraction of sp³-hybridized carbons (Fsp3) is 0.105. The highest BCUT2D eigenvalue weighted by atomic mass is 16.2. The normalized spacial score (nSPS) is 10.3. The van der Waals surface area contributed by atoms with E-state index in [1.165, 1.54) is 0 Å². The first kappa shape index (κ1) is 15.7. The number of carbonyl (C=O) groups excluding carboxylic acids is 2. The third-order valence-electron chi connectivity index (χ3n) is 3.56. The van der Waals surface area contributed by atoms with Crippen molar-refractivity contribution >= 4 is 22.7 Å². The summed E-state index contributed by atoms with van der Waals surface area (Å²) in [6.45, 7) is 0.693. The summed E-state index contributed by atoms with van der Waals surface area (Å²) in [5.74, 6) is -0.414. The minimum atomic E-state index is -0.255. The number of para-hydroxylation sites is 1. The van der Waals surface area contributed by atoms with Crippen molar-refractivity contribution in [2.45, 2.75) is 0 Å². The summed E-state index contributed by atoms with van der Waals surface area (Å²) < 4.78 is 0. The maximum absolute atomic E-state index is 12.1. The van der Waals surface area contributed by atoms with Gasteiger partial charge in [0.05, 0.1) is 5.52 Å². The van der Waals surface area contributed by atoms with E-state index < -0.39 is 0 Å². The fourth-order valence-corrected chi connectivity index (χ4v) is 2.33.